The number of nitrogen functional groups attached to an aromatic ring is 2. The van der Waals surface area contributed by atoms with Crippen molar-refractivity contribution in [2.75, 3.05) is 11.5 Å². The predicted molar refractivity (Wildman–Crippen MR) is 66.0 cm³/mol. The lowest BCUT2D eigenvalue weighted by Gasteiger charge is -2.11. The summed E-state index contributed by atoms with van der Waals surface area (Å²) in [6, 6.07) is 3.90. The summed E-state index contributed by atoms with van der Waals surface area (Å²) in [5.74, 6) is -2.00. The zero-order chi connectivity index (χ0) is 15.8. The Kier molecular flexibility index (Phi) is 3.39. The molecule has 9 heteroatoms. The SMILES string of the molecule is N#Cc1c(N)nc(N)nc1-c1ccc(F)c(C(F)(F)F)c1. The Labute approximate surface area is 115 Å². The van der Waals surface area contributed by atoms with Gasteiger partial charge in [-0.3, -0.25) is 0 Å². The van der Waals surface area contributed by atoms with Crippen molar-refractivity contribution in [3.05, 3.63) is 35.1 Å². The van der Waals surface area contributed by atoms with Crippen LogP contribution in [0, 0.1) is 17.1 Å². The van der Waals surface area contributed by atoms with Gasteiger partial charge in [0.15, 0.2) is 0 Å². The van der Waals surface area contributed by atoms with Crippen molar-refractivity contribution in [1.82, 2.24) is 9.97 Å². The Balaban J connectivity index is 2.72. The third-order valence-corrected chi connectivity index (χ3v) is 2.61. The van der Waals surface area contributed by atoms with Crippen LogP contribution in [-0.2, 0) is 6.18 Å². The second-order valence-electron chi connectivity index (χ2n) is 3.99. The highest BCUT2D eigenvalue weighted by molar-refractivity contribution is 5.73. The topological polar surface area (TPSA) is 102 Å². The number of nitriles is 1. The monoisotopic (exact) mass is 297 g/mol. The number of rotatable bonds is 1. The maximum absolute atomic E-state index is 13.3. The molecule has 108 valence electrons. The Bertz CT molecular complexity index is 749. The Morgan fingerprint density at radius 3 is 2.38 bits per heavy atom. The molecule has 0 aliphatic heterocycles. The normalized spacial score (nSPS) is 11.2. The minimum atomic E-state index is -4.88. The highest BCUT2D eigenvalue weighted by atomic mass is 19.4. The first-order valence-corrected chi connectivity index (χ1v) is 5.44. The van der Waals surface area contributed by atoms with Crippen LogP contribution in [0.25, 0.3) is 11.3 Å². The molecule has 0 fully saturated rings. The first kappa shape index (κ1) is 14.5. The van der Waals surface area contributed by atoms with Crippen LogP contribution in [-0.4, -0.2) is 9.97 Å². The van der Waals surface area contributed by atoms with Gasteiger partial charge in [0.25, 0.3) is 0 Å². The number of hydrogen-bond acceptors (Lipinski definition) is 5. The van der Waals surface area contributed by atoms with Crippen LogP contribution < -0.4 is 11.5 Å². The lowest BCUT2D eigenvalue weighted by Crippen LogP contribution is -2.09. The number of anilines is 2. The Morgan fingerprint density at radius 2 is 1.81 bits per heavy atom. The molecule has 4 N–H and O–H groups in total. The molecule has 0 atom stereocenters. The fraction of sp³-hybridized carbons (Fsp3) is 0.0833. The van der Waals surface area contributed by atoms with Crippen LogP contribution in [0.5, 0.6) is 0 Å². The van der Waals surface area contributed by atoms with Crippen LogP contribution in [0.1, 0.15) is 11.1 Å². The fourth-order valence-electron chi connectivity index (χ4n) is 1.70. The van der Waals surface area contributed by atoms with Crippen LogP contribution in [0.4, 0.5) is 29.3 Å². The van der Waals surface area contributed by atoms with Crippen molar-refractivity contribution in [3.63, 3.8) is 0 Å². The van der Waals surface area contributed by atoms with Crippen molar-refractivity contribution < 1.29 is 17.6 Å². The smallest absolute Gasteiger partial charge is 0.382 e. The molecule has 2 rings (SSSR count). The first-order valence-electron chi connectivity index (χ1n) is 5.44. The molecule has 0 radical (unpaired) electrons. The largest absolute Gasteiger partial charge is 0.419 e. The van der Waals surface area contributed by atoms with Crippen LogP contribution in [0.15, 0.2) is 18.2 Å². The van der Waals surface area contributed by atoms with E-state index in [9.17, 15) is 17.6 Å². The van der Waals surface area contributed by atoms with Crippen molar-refractivity contribution >= 4 is 11.8 Å². The minimum Gasteiger partial charge on any atom is -0.382 e. The molecule has 0 amide bonds. The van der Waals surface area contributed by atoms with Gasteiger partial charge in [0.05, 0.1) is 11.3 Å². The molecular formula is C12H7F4N5. The van der Waals surface area contributed by atoms with E-state index in [2.05, 4.69) is 9.97 Å². The van der Waals surface area contributed by atoms with Gasteiger partial charge >= 0.3 is 6.18 Å². The molecule has 0 aliphatic carbocycles. The molecular weight excluding hydrogens is 290 g/mol. The second-order valence-corrected chi connectivity index (χ2v) is 3.99. The van der Waals surface area contributed by atoms with Gasteiger partial charge in [0.2, 0.25) is 5.95 Å². The van der Waals surface area contributed by atoms with Crippen molar-refractivity contribution in [2.45, 2.75) is 6.18 Å². The van der Waals surface area contributed by atoms with Gasteiger partial charge in [0, 0.05) is 5.56 Å². The molecule has 0 unspecified atom stereocenters. The maximum Gasteiger partial charge on any atom is 0.419 e. The summed E-state index contributed by atoms with van der Waals surface area (Å²) >= 11 is 0. The Morgan fingerprint density at radius 1 is 1.14 bits per heavy atom. The van der Waals surface area contributed by atoms with E-state index < -0.39 is 17.6 Å². The predicted octanol–water partition coefficient (Wildman–Crippen LogP) is 2.34. The molecule has 2 aromatic rings. The van der Waals surface area contributed by atoms with Gasteiger partial charge in [-0.1, -0.05) is 0 Å². The lowest BCUT2D eigenvalue weighted by molar-refractivity contribution is -0.139. The summed E-state index contributed by atoms with van der Waals surface area (Å²) in [5.41, 5.74) is 8.81. The molecule has 0 aliphatic rings. The van der Waals surface area contributed by atoms with E-state index >= 15 is 0 Å². The van der Waals surface area contributed by atoms with Crippen LogP contribution in [0.2, 0.25) is 0 Å². The number of halogens is 4. The van der Waals surface area contributed by atoms with Gasteiger partial charge in [-0.05, 0) is 18.2 Å². The maximum atomic E-state index is 13.3. The van der Waals surface area contributed by atoms with E-state index in [4.69, 9.17) is 16.7 Å². The molecule has 21 heavy (non-hydrogen) atoms. The summed E-state index contributed by atoms with van der Waals surface area (Å²) in [7, 11) is 0. The number of benzene rings is 1. The van der Waals surface area contributed by atoms with Crippen LogP contribution >= 0.6 is 0 Å². The van der Waals surface area contributed by atoms with E-state index in [0.29, 0.717) is 12.1 Å². The highest BCUT2D eigenvalue weighted by Crippen LogP contribution is 2.35. The number of nitrogens with two attached hydrogens (primary N) is 2. The fourth-order valence-corrected chi connectivity index (χ4v) is 1.70. The third-order valence-electron chi connectivity index (χ3n) is 2.61. The summed E-state index contributed by atoms with van der Waals surface area (Å²) in [6.45, 7) is 0. The molecule has 1 aromatic carbocycles. The first-order chi connectivity index (χ1) is 9.74. The molecule has 0 bridgehead atoms. The zero-order valence-electron chi connectivity index (χ0n) is 10.2. The zero-order valence-corrected chi connectivity index (χ0v) is 10.2. The lowest BCUT2D eigenvalue weighted by atomic mass is 10.0. The molecule has 0 spiro atoms. The van der Waals surface area contributed by atoms with Crippen LogP contribution in [0.3, 0.4) is 0 Å². The summed E-state index contributed by atoms with van der Waals surface area (Å²) in [4.78, 5) is 7.25. The number of alkyl halides is 3. The summed E-state index contributed by atoms with van der Waals surface area (Å²) in [6.07, 6.45) is -4.88. The van der Waals surface area contributed by atoms with Gasteiger partial charge < -0.3 is 11.5 Å². The van der Waals surface area contributed by atoms with E-state index in [1.165, 1.54) is 0 Å². The average Bonchev–Trinajstić information content (AvgIpc) is 2.37. The molecule has 1 aromatic heterocycles. The summed E-state index contributed by atoms with van der Waals surface area (Å²) < 4.78 is 51.4. The molecule has 1 heterocycles. The van der Waals surface area contributed by atoms with E-state index in [-0.39, 0.29) is 28.6 Å². The van der Waals surface area contributed by atoms with E-state index in [0.717, 1.165) is 6.07 Å². The second kappa shape index (κ2) is 4.90. The van der Waals surface area contributed by atoms with Crippen molar-refractivity contribution in [2.24, 2.45) is 0 Å². The number of nitrogens with zero attached hydrogens (tertiary/aromatic N) is 3. The summed E-state index contributed by atoms with van der Waals surface area (Å²) in [5, 5.41) is 8.99. The standard InChI is InChI=1S/C12H7F4N5/c13-8-2-1-5(3-7(8)12(14,15)16)9-6(4-17)10(18)21-11(19)20-9/h1-3H,(H4,18,19,20,21). The highest BCUT2D eigenvalue weighted by Gasteiger charge is 2.34. The van der Waals surface area contributed by atoms with Gasteiger partial charge in [-0.15, -0.1) is 0 Å². The van der Waals surface area contributed by atoms with Gasteiger partial charge in [-0.2, -0.15) is 23.4 Å². The molecule has 0 saturated heterocycles. The average molecular weight is 297 g/mol. The van der Waals surface area contributed by atoms with Crippen molar-refractivity contribution in [1.29, 1.82) is 5.26 Å². The van der Waals surface area contributed by atoms with E-state index in [1.807, 2.05) is 0 Å². The Hall–Kier alpha value is -2.89. The minimum absolute atomic E-state index is 0.138. The molecule has 5 nitrogen and oxygen atoms in total. The third kappa shape index (κ3) is 2.69. The quantitative estimate of drug-likeness (QED) is 0.787. The van der Waals surface area contributed by atoms with Gasteiger partial charge in [0.1, 0.15) is 23.3 Å². The van der Waals surface area contributed by atoms with Gasteiger partial charge in [-0.25, -0.2) is 9.37 Å². The molecule has 0 saturated carbocycles. The number of aromatic nitrogens is 2. The van der Waals surface area contributed by atoms with Crippen molar-refractivity contribution in [3.8, 4) is 17.3 Å². The van der Waals surface area contributed by atoms with E-state index in [1.54, 1.807) is 6.07 Å². The number of hydrogen-bond donors (Lipinski definition) is 2.